The third kappa shape index (κ3) is 4.72. The van der Waals surface area contributed by atoms with Crippen LogP contribution in [0, 0.1) is 51.2 Å². The molecule has 3 heterocycles. The Hall–Kier alpha value is -1.22. The second-order valence-electron chi connectivity index (χ2n) is 19.1. The van der Waals surface area contributed by atoms with Crippen molar-refractivity contribution in [1.82, 2.24) is 4.90 Å². The van der Waals surface area contributed by atoms with Gasteiger partial charge in [0.2, 0.25) is 5.91 Å². The van der Waals surface area contributed by atoms with Gasteiger partial charge in [0.25, 0.3) is 0 Å². The Morgan fingerprint density at radius 3 is 2.47 bits per heavy atom. The first-order valence-electron chi connectivity index (χ1n) is 19.4. The van der Waals surface area contributed by atoms with Crippen LogP contribution in [0.4, 0.5) is 0 Å². The molecule has 0 radical (unpaired) electrons. The van der Waals surface area contributed by atoms with E-state index >= 15 is 0 Å². The van der Waals surface area contributed by atoms with Crippen LogP contribution in [0.15, 0.2) is 0 Å². The molecule has 8 nitrogen and oxygen atoms in total. The molecule has 0 aromatic heterocycles. The lowest BCUT2D eigenvalue weighted by Crippen LogP contribution is -2.57. The predicted molar refractivity (Wildman–Crippen MR) is 174 cm³/mol. The third-order valence-electron chi connectivity index (χ3n) is 16.2. The van der Waals surface area contributed by atoms with Crippen LogP contribution < -0.4 is 0 Å². The van der Waals surface area contributed by atoms with Crippen LogP contribution in [0.1, 0.15) is 118 Å². The maximum absolute atomic E-state index is 12.9. The molecule has 0 N–H and O–H groups in total. The molecule has 9 unspecified atom stereocenters. The van der Waals surface area contributed by atoms with E-state index in [0.717, 1.165) is 24.7 Å². The topological polar surface area (TPSA) is 83.5 Å². The maximum Gasteiger partial charge on any atom is 0.332 e. The molecule has 8 heteroatoms. The van der Waals surface area contributed by atoms with Crippen molar-refractivity contribution >= 4 is 11.9 Å². The summed E-state index contributed by atoms with van der Waals surface area (Å²) in [6.07, 6.45) is 15.6. The van der Waals surface area contributed by atoms with Crippen molar-refractivity contribution in [3.8, 4) is 0 Å². The van der Waals surface area contributed by atoms with E-state index < -0.39 is 5.60 Å². The Morgan fingerprint density at radius 2 is 1.68 bits per heavy atom. The highest BCUT2D eigenvalue weighted by atomic mass is 16.7. The summed E-state index contributed by atoms with van der Waals surface area (Å²) in [7, 11) is 0. The van der Waals surface area contributed by atoms with E-state index in [1.165, 1.54) is 64.2 Å². The predicted octanol–water partition coefficient (Wildman–Crippen LogP) is 6.28. The second kappa shape index (κ2) is 10.6. The number of morpholine rings is 1. The molecule has 3 aliphatic heterocycles. The van der Waals surface area contributed by atoms with E-state index in [1.54, 1.807) is 0 Å². The number of hydrogen-bond acceptors (Lipinski definition) is 7. The van der Waals surface area contributed by atoms with Gasteiger partial charge in [0.1, 0.15) is 18.3 Å². The summed E-state index contributed by atoms with van der Waals surface area (Å²) in [6.45, 7) is 13.5. The molecule has 1 amide bonds. The zero-order valence-electron chi connectivity index (χ0n) is 29.6. The summed E-state index contributed by atoms with van der Waals surface area (Å²) in [4.78, 5) is 26.9. The monoisotopic (exact) mass is 653 g/mol. The van der Waals surface area contributed by atoms with Crippen LogP contribution in [-0.4, -0.2) is 79.4 Å². The number of amides is 1. The highest BCUT2D eigenvalue weighted by molar-refractivity contribution is 5.76. The lowest BCUT2D eigenvalue weighted by molar-refractivity contribution is -0.244. The fraction of sp³-hybridized carbons (Fsp3) is 0.949. The van der Waals surface area contributed by atoms with Gasteiger partial charge < -0.3 is 28.6 Å². The van der Waals surface area contributed by atoms with E-state index in [2.05, 4.69) is 20.8 Å². The molecular weight excluding hydrogens is 594 g/mol. The quantitative estimate of drug-likeness (QED) is 0.323. The number of cyclic esters (lactones) is 1. The number of ether oxygens (including phenoxy) is 5. The Balaban J connectivity index is 0.880. The Labute approximate surface area is 281 Å². The zero-order valence-corrected chi connectivity index (χ0v) is 29.6. The minimum Gasteiger partial charge on any atom is -0.455 e. The minimum absolute atomic E-state index is 0.00677. The first-order chi connectivity index (χ1) is 22.4. The number of hydrogen-bond donors (Lipinski definition) is 0. The molecule has 0 aromatic rings. The lowest BCUT2D eigenvalue weighted by Gasteiger charge is -2.60. The highest BCUT2D eigenvalue weighted by Crippen LogP contribution is 2.87. The highest BCUT2D eigenvalue weighted by Gasteiger charge is 2.80. The van der Waals surface area contributed by atoms with Crippen molar-refractivity contribution in [2.24, 2.45) is 51.2 Å². The molecule has 9 fully saturated rings. The van der Waals surface area contributed by atoms with E-state index in [4.69, 9.17) is 23.7 Å². The molecule has 12 atom stereocenters. The molecule has 6 saturated carbocycles. The first kappa shape index (κ1) is 31.7. The van der Waals surface area contributed by atoms with Crippen molar-refractivity contribution in [3.63, 3.8) is 0 Å². The number of fused-ring (bicyclic) bond motifs is 4. The zero-order chi connectivity index (χ0) is 32.6. The third-order valence-corrected chi connectivity index (χ3v) is 16.2. The molecule has 9 aliphatic rings. The molecule has 262 valence electrons. The van der Waals surface area contributed by atoms with Crippen LogP contribution in [0.2, 0.25) is 0 Å². The molecule has 47 heavy (non-hydrogen) atoms. The van der Waals surface area contributed by atoms with Gasteiger partial charge >= 0.3 is 5.97 Å². The van der Waals surface area contributed by atoms with Gasteiger partial charge in [-0.3, -0.25) is 4.79 Å². The number of carbonyl (C=O) groups excluding carboxylic acids is 2. The van der Waals surface area contributed by atoms with Crippen molar-refractivity contribution in [1.29, 1.82) is 0 Å². The summed E-state index contributed by atoms with van der Waals surface area (Å²) >= 11 is 0. The van der Waals surface area contributed by atoms with E-state index in [-0.39, 0.29) is 54.6 Å². The fourth-order valence-electron chi connectivity index (χ4n) is 13.8. The van der Waals surface area contributed by atoms with E-state index in [0.29, 0.717) is 60.1 Å². The Morgan fingerprint density at radius 1 is 0.872 bits per heavy atom. The SMILES string of the molecule is CC12CC[C@@]34CC35CC[C@H](OC3CN(C(=O)CC6CC6)CCO3)C(C)(C)C5CCC4C1CC1OC([C@@H]3OCC(=O)OC3(C)C)CCC12. The number of esters is 1. The van der Waals surface area contributed by atoms with Crippen LogP contribution >= 0.6 is 0 Å². The van der Waals surface area contributed by atoms with E-state index in [1.807, 2.05) is 18.7 Å². The standard InChI is InChI=1S/C39H59NO7/c1-35(2)29-11-9-24-26-19-28-25(8-10-27(45-28)34-36(3,4)47-32(42)21-44-34)37(26,5)14-15-38(24)22-39(29,38)13-12-30(35)46-33-20-40(16-17-43-33)31(41)18-23-6-7-23/h23-30,33-34H,6-22H2,1-5H3/t24?,25?,26?,27?,28?,29?,30-,33?,34-,37?,38-,39?/m0/s1. The number of nitrogens with zero attached hydrogens (tertiary/aromatic N) is 1. The van der Waals surface area contributed by atoms with Crippen molar-refractivity contribution in [3.05, 3.63) is 0 Å². The van der Waals surface area contributed by atoms with Gasteiger partial charge in [0.15, 0.2) is 6.29 Å². The molecule has 2 spiro atoms. The van der Waals surface area contributed by atoms with Gasteiger partial charge in [0.05, 0.1) is 31.5 Å². The van der Waals surface area contributed by atoms with Crippen molar-refractivity contribution < 1.29 is 33.3 Å². The fourth-order valence-corrected chi connectivity index (χ4v) is 13.8. The molecule has 0 bridgehead atoms. The van der Waals surface area contributed by atoms with Gasteiger partial charge in [-0.05, 0) is 142 Å². The van der Waals surface area contributed by atoms with Gasteiger partial charge in [-0.15, -0.1) is 0 Å². The first-order valence-corrected chi connectivity index (χ1v) is 19.4. The van der Waals surface area contributed by atoms with Crippen molar-refractivity contribution in [2.45, 2.75) is 154 Å². The Bertz CT molecular complexity index is 1300. The summed E-state index contributed by atoms with van der Waals surface area (Å²) in [5.41, 5.74) is 0.741. The summed E-state index contributed by atoms with van der Waals surface area (Å²) in [5, 5.41) is 0. The van der Waals surface area contributed by atoms with Gasteiger partial charge in [0, 0.05) is 13.0 Å². The van der Waals surface area contributed by atoms with Crippen LogP contribution in [0.3, 0.4) is 0 Å². The van der Waals surface area contributed by atoms with Gasteiger partial charge in [-0.1, -0.05) is 20.8 Å². The molecule has 9 rings (SSSR count). The largest absolute Gasteiger partial charge is 0.455 e. The Kier molecular flexibility index (Phi) is 7.19. The summed E-state index contributed by atoms with van der Waals surface area (Å²) in [5.74, 6) is 3.47. The van der Waals surface area contributed by atoms with Gasteiger partial charge in [-0.2, -0.15) is 0 Å². The normalized spacial score (nSPS) is 51.0. The number of rotatable bonds is 5. The summed E-state index contributed by atoms with van der Waals surface area (Å²) < 4.78 is 31.8. The summed E-state index contributed by atoms with van der Waals surface area (Å²) in [6, 6.07) is 0. The van der Waals surface area contributed by atoms with Crippen LogP contribution in [0.25, 0.3) is 0 Å². The van der Waals surface area contributed by atoms with E-state index in [9.17, 15) is 9.59 Å². The molecule has 6 aliphatic carbocycles. The van der Waals surface area contributed by atoms with Crippen LogP contribution in [-0.2, 0) is 33.3 Å². The van der Waals surface area contributed by atoms with Crippen molar-refractivity contribution in [2.75, 3.05) is 26.3 Å². The molecule has 3 saturated heterocycles. The number of carbonyl (C=O) groups is 2. The minimum atomic E-state index is -0.656. The van der Waals surface area contributed by atoms with Crippen LogP contribution in [0.5, 0.6) is 0 Å². The molecular formula is C39H59NO7. The van der Waals surface area contributed by atoms with Gasteiger partial charge in [-0.25, -0.2) is 4.79 Å². The lowest BCUT2D eigenvalue weighted by atomic mass is 9.46. The average Bonchev–Trinajstić information content (AvgIpc) is 3.93. The second-order valence-corrected chi connectivity index (χ2v) is 19.1. The smallest absolute Gasteiger partial charge is 0.332 e. The average molecular weight is 654 g/mol. The maximum atomic E-state index is 12.9. The molecule has 0 aromatic carbocycles.